The normalized spacial score (nSPS) is 17.7. The van der Waals surface area contributed by atoms with Gasteiger partial charge in [-0.3, -0.25) is 0 Å². The van der Waals surface area contributed by atoms with Crippen molar-refractivity contribution in [3.63, 3.8) is 0 Å². The molecule has 0 bridgehead atoms. The van der Waals surface area contributed by atoms with Crippen LogP contribution in [0.5, 0.6) is 0 Å². The molecule has 1 aromatic rings. The van der Waals surface area contributed by atoms with Gasteiger partial charge in [-0.1, -0.05) is 6.07 Å². The predicted octanol–water partition coefficient (Wildman–Crippen LogP) is 1.43. The number of aryl methyl sites for hydroxylation is 2. The molecule has 1 aliphatic heterocycles. The number of sulfonamides is 1. The number of hydrogen-bond donors (Lipinski definition) is 1. The van der Waals surface area contributed by atoms with Crippen molar-refractivity contribution in [2.45, 2.75) is 31.7 Å². The van der Waals surface area contributed by atoms with Gasteiger partial charge in [-0.25, -0.2) is 8.42 Å². The van der Waals surface area contributed by atoms with Crippen molar-refractivity contribution in [1.29, 1.82) is 0 Å². The van der Waals surface area contributed by atoms with Gasteiger partial charge in [0.2, 0.25) is 10.0 Å². The Bertz CT molecular complexity index is 591. The molecule has 1 N–H and O–H groups in total. The molecule has 0 aliphatic carbocycles. The first kappa shape index (κ1) is 16.4. The second kappa shape index (κ2) is 6.87. The Kier molecular flexibility index (Phi) is 5.37. The summed E-state index contributed by atoms with van der Waals surface area (Å²) in [6.45, 7) is 6.58. The lowest BCUT2D eigenvalue weighted by Gasteiger charge is -2.21. The van der Waals surface area contributed by atoms with Crippen LogP contribution in [0.25, 0.3) is 0 Å². The van der Waals surface area contributed by atoms with Gasteiger partial charge in [0.1, 0.15) is 0 Å². The lowest BCUT2D eigenvalue weighted by Crippen LogP contribution is -2.33. The summed E-state index contributed by atoms with van der Waals surface area (Å²) in [6.07, 6.45) is 0.744. The summed E-state index contributed by atoms with van der Waals surface area (Å²) < 4.78 is 32.7. The summed E-state index contributed by atoms with van der Waals surface area (Å²) in [7, 11) is -1.59. The summed E-state index contributed by atoms with van der Waals surface area (Å²) >= 11 is 0. The standard InChI is InChI=1S/C15H24N2O3S/c1-12-9-13(2)15(10-14(12)11-16-3)21(18,19)17-5-4-7-20-8-6-17/h9-10,16H,4-8,11H2,1-3H3. The first-order chi connectivity index (χ1) is 9.96. The van der Waals surface area contributed by atoms with Crippen LogP contribution in [0, 0.1) is 13.8 Å². The lowest BCUT2D eigenvalue weighted by atomic mass is 10.1. The molecule has 5 nitrogen and oxygen atoms in total. The molecule has 0 saturated carbocycles. The van der Waals surface area contributed by atoms with Crippen molar-refractivity contribution in [3.8, 4) is 0 Å². The van der Waals surface area contributed by atoms with Gasteiger partial charge in [-0.15, -0.1) is 0 Å². The van der Waals surface area contributed by atoms with Crippen molar-refractivity contribution in [2.75, 3.05) is 33.4 Å². The van der Waals surface area contributed by atoms with E-state index >= 15 is 0 Å². The van der Waals surface area contributed by atoms with Gasteiger partial charge in [-0.05, 0) is 50.1 Å². The third-order valence-electron chi connectivity index (χ3n) is 3.80. The van der Waals surface area contributed by atoms with E-state index in [-0.39, 0.29) is 0 Å². The highest BCUT2D eigenvalue weighted by molar-refractivity contribution is 7.89. The van der Waals surface area contributed by atoms with E-state index in [1.54, 1.807) is 4.31 Å². The third-order valence-corrected chi connectivity index (χ3v) is 5.84. The molecule has 21 heavy (non-hydrogen) atoms. The van der Waals surface area contributed by atoms with Gasteiger partial charge in [0.15, 0.2) is 0 Å². The van der Waals surface area contributed by atoms with E-state index < -0.39 is 10.0 Å². The van der Waals surface area contributed by atoms with Crippen LogP contribution in [0.2, 0.25) is 0 Å². The average Bonchev–Trinajstić information content (AvgIpc) is 2.71. The summed E-state index contributed by atoms with van der Waals surface area (Å²) in [6, 6.07) is 3.76. The molecule has 1 aliphatic rings. The molecule has 0 atom stereocenters. The van der Waals surface area contributed by atoms with Crippen LogP contribution in [-0.2, 0) is 21.3 Å². The van der Waals surface area contributed by atoms with Crippen molar-refractivity contribution >= 4 is 10.0 Å². The maximum atomic E-state index is 12.9. The Morgan fingerprint density at radius 3 is 2.67 bits per heavy atom. The Labute approximate surface area is 127 Å². The molecule has 118 valence electrons. The topological polar surface area (TPSA) is 58.6 Å². The minimum atomic E-state index is -3.45. The Balaban J connectivity index is 2.40. The minimum Gasteiger partial charge on any atom is -0.380 e. The van der Waals surface area contributed by atoms with Crippen LogP contribution in [0.1, 0.15) is 23.1 Å². The largest absolute Gasteiger partial charge is 0.380 e. The highest BCUT2D eigenvalue weighted by Gasteiger charge is 2.27. The van der Waals surface area contributed by atoms with Crippen molar-refractivity contribution in [1.82, 2.24) is 9.62 Å². The highest BCUT2D eigenvalue weighted by atomic mass is 32.2. The fraction of sp³-hybridized carbons (Fsp3) is 0.600. The molecule has 2 rings (SSSR count). The fourth-order valence-corrected chi connectivity index (χ4v) is 4.36. The first-order valence-corrected chi connectivity index (χ1v) is 8.73. The number of hydrogen-bond acceptors (Lipinski definition) is 4. The van der Waals surface area contributed by atoms with E-state index in [1.807, 2.05) is 33.0 Å². The third kappa shape index (κ3) is 3.63. The lowest BCUT2D eigenvalue weighted by molar-refractivity contribution is 0.148. The van der Waals surface area contributed by atoms with Crippen LogP contribution in [0.3, 0.4) is 0 Å². The zero-order valence-corrected chi connectivity index (χ0v) is 13.8. The predicted molar refractivity (Wildman–Crippen MR) is 82.9 cm³/mol. The second-order valence-corrected chi connectivity index (χ2v) is 7.35. The van der Waals surface area contributed by atoms with Gasteiger partial charge >= 0.3 is 0 Å². The maximum absolute atomic E-state index is 12.9. The SMILES string of the molecule is CNCc1cc(S(=O)(=O)N2CCCOCC2)c(C)cc1C. The molecule has 1 fully saturated rings. The number of ether oxygens (including phenoxy) is 1. The zero-order valence-electron chi connectivity index (χ0n) is 13.0. The number of nitrogens with one attached hydrogen (secondary N) is 1. The van der Waals surface area contributed by atoms with Gasteiger partial charge in [0.25, 0.3) is 0 Å². The van der Waals surface area contributed by atoms with Gasteiger partial charge in [0, 0.05) is 26.2 Å². The highest BCUT2D eigenvalue weighted by Crippen LogP contribution is 2.24. The van der Waals surface area contributed by atoms with Gasteiger partial charge in [-0.2, -0.15) is 4.31 Å². The molecule has 1 aromatic carbocycles. The number of rotatable bonds is 4. The van der Waals surface area contributed by atoms with Crippen LogP contribution >= 0.6 is 0 Å². The Morgan fingerprint density at radius 1 is 1.19 bits per heavy atom. The van der Waals surface area contributed by atoms with Crippen molar-refractivity contribution < 1.29 is 13.2 Å². The summed E-state index contributed by atoms with van der Waals surface area (Å²) in [4.78, 5) is 0.417. The molecule has 1 saturated heterocycles. The zero-order chi connectivity index (χ0) is 15.5. The number of nitrogens with zero attached hydrogens (tertiary/aromatic N) is 1. The summed E-state index contributed by atoms with van der Waals surface area (Å²) in [5.74, 6) is 0. The van der Waals surface area contributed by atoms with Crippen LogP contribution in [0.15, 0.2) is 17.0 Å². The molecular formula is C15H24N2O3S. The van der Waals surface area contributed by atoms with Gasteiger partial charge < -0.3 is 10.1 Å². The molecule has 0 amide bonds. The van der Waals surface area contributed by atoms with E-state index in [2.05, 4.69) is 5.32 Å². The van der Waals surface area contributed by atoms with Crippen LogP contribution in [-0.4, -0.2) is 46.1 Å². The van der Waals surface area contributed by atoms with E-state index in [0.717, 1.165) is 23.1 Å². The van der Waals surface area contributed by atoms with Gasteiger partial charge in [0.05, 0.1) is 11.5 Å². The Morgan fingerprint density at radius 2 is 1.95 bits per heavy atom. The molecule has 6 heteroatoms. The van der Waals surface area contributed by atoms with E-state index in [4.69, 9.17) is 4.74 Å². The fourth-order valence-electron chi connectivity index (χ4n) is 2.64. The second-order valence-electron chi connectivity index (χ2n) is 5.44. The monoisotopic (exact) mass is 312 g/mol. The molecular weight excluding hydrogens is 288 g/mol. The average molecular weight is 312 g/mol. The molecule has 0 radical (unpaired) electrons. The number of benzene rings is 1. The summed E-state index contributed by atoms with van der Waals surface area (Å²) in [5.41, 5.74) is 2.94. The van der Waals surface area contributed by atoms with Crippen molar-refractivity contribution in [2.24, 2.45) is 0 Å². The molecule has 1 heterocycles. The van der Waals surface area contributed by atoms with E-state index in [1.165, 1.54) is 0 Å². The maximum Gasteiger partial charge on any atom is 0.243 e. The quantitative estimate of drug-likeness (QED) is 0.914. The van der Waals surface area contributed by atoms with E-state index in [9.17, 15) is 8.42 Å². The molecule has 0 spiro atoms. The van der Waals surface area contributed by atoms with Crippen molar-refractivity contribution in [3.05, 3.63) is 28.8 Å². The minimum absolute atomic E-state index is 0.417. The van der Waals surface area contributed by atoms with Crippen LogP contribution in [0.4, 0.5) is 0 Å². The van der Waals surface area contributed by atoms with E-state index in [0.29, 0.717) is 37.7 Å². The smallest absolute Gasteiger partial charge is 0.243 e. The Hall–Kier alpha value is -0.950. The van der Waals surface area contributed by atoms with Crippen LogP contribution < -0.4 is 5.32 Å². The molecule has 0 unspecified atom stereocenters. The molecule has 0 aromatic heterocycles. The summed E-state index contributed by atoms with van der Waals surface area (Å²) in [5, 5.41) is 3.08. The first-order valence-electron chi connectivity index (χ1n) is 7.29.